The van der Waals surface area contributed by atoms with E-state index < -0.39 is 0 Å². The first-order chi connectivity index (χ1) is 7.22. The maximum atomic E-state index is 5.90. The first-order valence-electron chi connectivity index (χ1n) is 6.98. The zero-order chi connectivity index (χ0) is 10.4. The molecule has 1 nitrogen and oxygen atoms in total. The summed E-state index contributed by atoms with van der Waals surface area (Å²) in [6.07, 6.45) is 10.5. The first kappa shape index (κ1) is 10.1. The molecule has 4 rings (SSSR count). The van der Waals surface area contributed by atoms with Gasteiger partial charge in [-0.05, 0) is 81.5 Å². The van der Waals surface area contributed by atoms with Crippen molar-refractivity contribution in [2.75, 3.05) is 0 Å². The van der Waals surface area contributed by atoms with E-state index in [2.05, 4.69) is 6.92 Å². The topological polar surface area (TPSA) is 26.0 Å². The monoisotopic (exact) mass is 207 g/mol. The summed E-state index contributed by atoms with van der Waals surface area (Å²) < 4.78 is 0. The minimum absolute atomic E-state index is 0.419. The molecule has 4 aliphatic rings. The van der Waals surface area contributed by atoms with E-state index in [-0.39, 0.29) is 0 Å². The van der Waals surface area contributed by atoms with Crippen LogP contribution < -0.4 is 5.73 Å². The van der Waals surface area contributed by atoms with Crippen molar-refractivity contribution in [1.29, 1.82) is 0 Å². The number of nitrogens with two attached hydrogens (primary N) is 1. The van der Waals surface area contributed by atoms with E-state index >= 15 is 0 Å². The SMILES string of the molecule is CC(N)CCC1C2CC3CC(C2)CC1C3. The van der Waals surface area contributed by atoms with Crippen molar-refractivity contribution < 1.29 is 0 Å². The molecule has 2 N–H and O–H groups in total. The summed E-state index contributed by atoms with van der Waals surface area (Å²) in [6.45, 7) is 2.16. The van der Waals surface area contributed by atoms with Gasteiger partial charge in [0.25, 0.3) is 0 Å². The quantitative estimate of drug-likeness (QED) is 0.755. The van der Waals surface area contributed by atoms with Crippen LogP contribution in [0.5, 0.6) is 0 Å². The Morgan fingerprint density at radius 2 is 1.53 bits per heavy atom. The highest BCUT2D eigenvalue weighted by Crippen LogP contribution is 2.57. The predicted molar refractivity (Wildman–Crippen MR) is 63.4 cm³/mol. The normalized spacial score (nSPS) is 49.6. The van der Waals surface area contributed by atoms with Gasteiger partial charge >= 0.3 is 0 Å². The molecule has 1 atom stereocenters. The van der Waals surface area contributed by atoms with Crippen molar-refractivity contribution in [2.24, 2.45) is 35.3 Å². The van der Waals surface area contributed by atoms with Crippen LogP contribution in [0.1, 0.15) is 51.9 Å². The molecule has 4 fully saturated rings. The molecular formula is C14H25N. The molecular weight excluding hydrogens is 182 g/mol. The van der Waals surface area contributed by atoms with E-state index in [1.54, 1.807) is 32.1 Å². The molecule has 86 valence electrons. The largest absolute Gasteiger partial charge is 0.328 e. The van der Waals surface area contributed by atoms with Crippen LogP contribution in [0.4, 0.5) is 0 Å². The Hall–Kier alpha value is -0.0400. The van der Waals surface area contributed by atoms with Crippen molar-refractivity contribution in [3.8, 4) is 0 Å². The maximum Gasteiger partial charge on any atom is 0.00105 e. The van der Waals surface area contributed by atoms with Gasteiger partial charge in [-0.1, -0.05) is 0 Å². The van der Waals surface area contributed by atoms with Gasteiger partial charge in [-0.2, -0.15) is 0 Å². The van der Waals surface area contributed by atoms with Crippen molar-refractivity contribution in [3.63, 3.8) is 0 Å². The number of rotatable bonds is 3. The second-order valence-corrected chi connectivity index (χ2v) is 6.65. The van der Waals surface area contributed by atoms with E-state index in [0.717, 1.165) is 29.6 Å². The summed E-state index contributed by atoms with van der Waals surface area (Å²) in [4.78, 5) is 0. The van der Waals surface area contributed by atoms with Crippen LogP contribution in [-0.4, -0.2) is 6.04 Å². The van der Waals surface area contributed by atoms with Crippen molar-refractivity contribution in [2.45, 2.75) is 57.9 Å². The molecule has 0 aromatic heterocycles. The smallest absolute Gasteiger partial charge is 0.00105 e. The zero-order valence-corrected chi connectivity index (χ0v) is 9.99. The van der Waals surface area contributed by atoms with Crippen LogP contribution in [-0.2, 0) is 0 Å². The van der Waals surface area contributed by atoms with Crippen molar-refractivity contribution in [3.05, 3.63) is 0 Å². The highest BCUT2D eigenvalue weighted by Gasteiger charge is 2.47. The van der Waals surface area contributed by atoms with Gasteiger partial charge < -0.3 is 5.73 Å². The van der Waals surface area contributed by atoms with Gasteiger partial charge in [0.1, 0.15) is 0 Å². The molecule has 0 spiro atoms. The van der Waals surface area contributed by atoms with Gasteiger partial charge in [0.05, 0.1) is 0 Å². The van der Waals surface area contributed by atoms with Gasteiger partial charge in [-0.3, -0.25) is 0 Å². The molecule has 0 heterocycles. The fraction of sp³-hybridized carbons (Fsp3) is 1.00. The third kappa shape index (κ3) is 1.84. The third-order valence-electron chi connectivity index (χ3n) is 5.38. The van der Waals surface area contributed by atoms with Gasteiger partial charge in [0, 0.05) is 6.04 Å². The maximum absolute atomic E-state index is 5.90. The second kappa shape index (κ2) is 3.76. The Balaban J connectivity index is 1.64. The fourth-order valence-corrected chi connectivity index (χ4v) is 4.96. The predicted octanol–water partition coefficient (Wildman–Crippen LogP) is 3.19. The van der Waals surface area contributed by atoms with Crippen LogP contribution in [0, 0.1) is 29.6 Å². The number of hydrogen-bond donors (Lipinski definition) is 1. The van der Waals surface area contributed by atoms with E-state index in [0.29, 0.717) is 6.04 Å². The summed E-state index contributed by atoms with van der Waals surface area (Å²) in [5, 5.41) is 0. The van der Waals surface area contributed by atoms with Crippen LogP contribution in [0.25, 0.3) is 0 Å². The molecule has 0 saturated heterocycles. The summed E-state index contributed by atoms with van der Waals surface area (Å²) >= 11 is 0. The first-order valence-corrected chi connectivity index (χ1v) is 6.98. The second-order valence-electron chi connectivity index (χ2n) is 6.65. The van der Waals surface area contributed by atoms with Crippen molar-refractivity contribution in [1.82, 2.24) is 0 Å². The third-order valence-corrected chi connectivity index (χ3v) is 5.38. The summed E-state index contributed by atoms with van der Waals surface area (Å²) in [5.74, 6) is 5.50. The minimum atomic E-state index is 0.419. The standard InChI is InChI=1S/C14H25N/c1-9(15)2-3-14-12-5-10-4-11(7-12)8-13(14)6-10/h9-14H,2-8,15H2,1H3. The highest BCUT2D eigenvalue weighted by molar-refractivity contribution is 4.97. The molecule has 0 radical (unpaired) electrons. The Bertz CT molecular complexity index is 205. The summed E-state index contributed by atoms with van der Waals surface area (Å²) in [5.41, 5.74) is 5.90. The van der Waals surface area contributed by atoms with E-state index in [1.165, 1.54) is 12.8 Å². The Morgan fingerprint density at radius 1 is 1.00 bits per heavy atom. The zero-order valence-electron chi connectivity index (χ0n) is 9.99. The molecule has 4 saturated carbocycles. The number of hydrogen-bond acceptors (Lipinski definition) is 1. The molecule has 0 amide bonds. The molecule has 0 aliphatic heterocycles. The van der Waals surface area contributed by atoms with Gasteiger partial charge in [-0.15, -0.1) is 0 Å². The van der Waals surface area contributed by atoms with Crippen LogP contribution in [0.3, 0.4) is 0 Å². The van der Waals surface area contributed by atoms with E-state index in [9.17, 15) is 0 Å². The molecule has 0 aromatic rings. The highest BCUT2D eigenvalue weighted by atomic mass is 14.6. The van der Waals surface area contributed by atoms with Gasteiger partial charge in [0.2, 0.25) is 0 Å². The Morgan fingerprint density at radius 3 is 2.00 bits per heavy atom. The molecule has 1 unspecified atom stereocenters. The van der Waals surface area contributed by atoms with Crippen molar-refractivity contribution >= 4 is 0 Å². The lowest BCUT2D eigenvalue weighted by molar-refractivity contribution is -0.0406. The summed E-state index contributed by atoms with van der Waals surface area (Å²) in [7, 11) is 0. The fourth-order valence-electron chi connectivity index (χ4n) is 4.96. The van der Waals surface area contributed by atoms with Crippen LogP contribution in [0.2, 0.25) is 0 Å². The van der Waals surface area contributed by atoms with Gasteiger partial charge in [-0.25, -0.2) is 0 Å². The van der Waals surface area contributed by atoms with Crippen LogP contribution in [0.15, 0.2) is 0 Å². The molecule has 15 heavy (non-hydrogen) atoms. The van der Waals surface area contributed by atoms with E-state index in [4.69, 9.17) is 5.73 Å². The Labute approximate surface area is 93.8 Å². The van der Waals surface area contributed by atoms with Crippen LogP contribution >= 0.6 is 0 Å². The summed E-state index contributed by atoms with van der Waals surface area (Å²) in [6, 6.07) is 0.419. The Kier molecular flexibility index (Phi) is 2.54. The molecule has 4 bridgehead atoms. The average molecular weight is 207 g/mol. The lowest BCUT2D eigenvalue weighted by atomic mass is 9.51. The lowest BCUT2D eigenvalue weighted by Crippen LogP contribution is -2.45. The average Bonchev–Trinajstić information content (AvgIpc) is 2.14. The molecule has 4 aliphatic carbocycles. The minimum Gasteiger partial charge on any atom is -0.328 e. The van der Waals surface area contributed by atoms with E-state index in [1.807, 2.05) is 0 Å². The molecule has 0 aromatic carbocycles. The lowest BCUT2D eigenvalue weighted by Gasteiger charge is -2.54. The van der Waals surface area contributed by atoms with Gasteiger partial charge in [0.15, 0.2) is 0 Å². The molecule has 1 heteroatoms.